The molecule has 3 rings (SSSR count). The molecule has 3 aliphatic rings. The van der Waals surface area contributed by atoms with Crippen molar-refractivity contribution in [2.45, 2.75) is 51.9 Å². The average molecular weight is 368 g/mol. The summed E-state index contributed by atoms with van der Waals surface area (Å²) in [7, 11) is -0.528. The average Bonchev–Trinajstić information content (AvgIpc) is 2.63. The van der Waals surface area contributed by atoms with Crippen LogP contribution in [0, 0.1) is 0 Å². The van der Waals surface area contributed by atoms with Crippen molar-refractivity contribution in [2.24, 2.45) is 0 Å². The summed E-state index contributed by atoms with van der Waals surface area (Å²) in [6, 6.07) is 0. The number of rotatable bonds is 2. The fourth-order valence-corrected chi connectivity index (χ4v) is 3.35. The van der Waals surface area contributed by atoms with E-state index in [1.807, 2.05) is 40.7 Å². The molecular weight excluding hydrogens is 344 g/mol. The largest absolute Gasteiger partial charge is 0.497 e. The van der Waals surface area contributed by atoms with Crippen LogP contribution < -0.4 is 5.32 Å². The van der Waals surface area contributed by atoms with Gasteiger partial charge in [0.1, 0.15) is 12.2 Å². The summed E-state index contributed by atoms with van der Waals surface area (Å²) >= 11 is 6.56. The number of carbonyl (C=O) groups excluding carboxylic acids is 1. The predicted molar refractivity (Wildman–Crippen MR) is 95.0 cm³/mol. The van der Waals surface area contributed by atoms with Crippen molar-refractivity contribution >= 4 is 24.8 Å². The first kappa shape index (κ1) is 18.4. The third kappa shape index (κ3) is 3.73. The minimum atomic E-state index is -0.565. The zero-order chi connectivity index (χ0) is 18.4. The number of hydrogen-bond acceptors (Lipinski definition) is 5. The van der Waals surface area contributed by atoms with E-state index in [0.717, 1.165) is 16.6 Å². The minimum Gasteiger partial charge on any atom is -0.497 e. The highest BCUT2D eigenvalue weighted by Crippen LogP contribution is 2.44. The van der Waals surface area contributed by atoms with Gasteiger partial charge in [-0.15, -0.1) is 0 Å². The van der Waals surface area contributed by atoms with Crippen LogP contribution in [-0.2, 0) is 18.8 Å². The molecule has 0 radical (unpaired) electrons. The van der Waals surface area contributed by atoms with Crippen LogP contribution in [-0.4, -0.2) is 43.7 Å². The molecular formula is C17H23BClNO5. The summed E-state index contributed by atoms with van der Waals surface area (Å²) in [5.74, 6) is 0. The van der Waals surface area contributed by atoms with E-state index in [1.165, 1.54) is 0 Å². The Morgan fingerprint density at radius 3 is 2.88 bits per heavy atom. The molecule has 1 amide bonds. The third-order valence-corrected chi connectivity index (χ3v) is 4.64. The van der Waals surface area contributed by atoms with Gasteiger partial charge in [-0.05, 0) is 57.3 Å². The van der Waals surface area contributed by atoms with Gasteiger partial charge in [-0.2, -0.15) is 0 Å². The normalized spacial score (nSPS) is 24.7. The molecule has 1 atom stereocenters. The van der Waals surface area contributed by atoms with Crippen LogP contribution in [0.3, 0.4) is 0 Å². The molecule has 0 aromatic carbocycles. The number of nitrogens with one attached hydrogen (secondary N) is 1. The van der Waals surface area contributed by atoms with E-state index in [-0.39, 0.29) is 6.54 Å². The molecule has 0 aromatic rings. The molecule has 3 heterocycles. The maximum absolute atomic E-state index is 11.9. The Labute approximate surface area is 153 Å². The van der Waals surface area contributed by atoms with Gasteiger partial charge in [-0.3, -0.25) is 0 Å². The van der Waals surface area contributed by atoms with Crippen LogP contribution in [0.4, 0.5) is 4.79 Å². The fourth-order valence-electron chi connectivity index (χ4n) is 3.06. The van der Waals surface area contributed by atoms with Crippen molar-refractivity contribution in [1.29, 1.82) is 0 Å². The van der Waals surface area contributed by atoms with Gasteiger partial charge < -0.3 is 24.1 Å². The van der Waals surface area contributed by atoms with E-state index in [9.17, 15) is 4.79 Å². The zero-order valence-electron chi connectivity index (χ0n) is 15.1. The van der Waals surface area contributed by atoms with Crippen LogP contribution >= 0.6 is 11.6 Å². The Morgan fingerprint density at radius 1 is 1.48 bits per heavy atom. The highest BCUT2D eigenvalue weighted by Gasteiger charge is 2.50. The van der Waals surface area contributed by atoms with Crippen molar-refractivity contribution in [3.05, 3.63) is 34.0 Å². The molecule has 136 valence electrons. The maximum atomic E-state index is 11.9. The standard InChI is InChI=1S/C17H23BClNO5/c1-16(2,3)23-15(21)20-8-12-14(19)10-6-7-22-9-11-13(10)18(24-12)25-17(11,4)5/h6-7,12H,8-9H2,1-5H3,(H,20,21)/t12-/m1/s1. The van der Waals surface area contributed by atoms with Gasteiger partial charge in [-0.25, -0.2) is 4.79 Å². The summed E-state index contributed by atoms with van der Waals surface area (Å²) in [5.41, 5.74) is 1.73. The van der Waals surface area contributed by atoms with Gasteiger partial charge in [0.2, 0.25) is 0 Å². The van der Waals surface area contributed by atoms with Crippen molar-refractivity contribution in [3.63, 3.8) is 0 Å². The van der Waals surface area contributed by atoms with Crippen molar-refractivity contribution in [3.8, 4) is 0 Å². The van der Waals surface area contributed by atoms with Crippen molar-refractivity contribution in [1.82, 2.24) is 5.32 Å². The van der Waals surface area contributed by atoms with Gasteiger partial charge in [-0.1, -0.05) is 11.6 Å². The summed E-state index contributed by atoms with van der Waals surface area (Å²) in [4.78, 5) is 11.9. The second-order valence-corrected chi connectivity index (χ2v) is 8.14. The first-order chi connectivity index (χ1) is 11.6. The summed E-state index contributed by atoms with van der Waals surface area (Å²) in [6.07, 6.45) is 2.42. The zero-order valence-corrected chi connectivity index (χ0v) is 15.9. The molecule has 0 aliphatic carbocycles. The first-order valence-electron chi connectivity index (χ1n) is 8.30. The van der Waals surface area contributed by atoms with Crippen LogP contribution in [0.15, 0.2) is 34.0 Å². The highest BCUT2D eigenvalue weighted by atomic mass is 35.5. The number of hydrogen-bond donors (Lipinski definition) is 1. The van der Waals surface area contributed by atoms with E-state index in [0.29, 0.717) is 11.6 Å². The van der Waals surface area contributed by atoms with Crippen LogP contribution in [0.1, 0.15) is 34.6 Å². The monoisotopic (exact) mass is 367 g/mol. The van der Waals surface area contributed by atoms with Crippen LogP contribution in [0.2, 0.25) is 0 Å². The van der Waals surface area contributed by atoms with Gasteiger partial charge in [0.15, 0.2) is 0 Å². The molecule has 0 saturated heterocycles. The van der Waals surface area contributed by atoms with Crippen LogP contribution in [0.5, 0.6) is 0 Å². The number of halogens is 1. The Balaban J connectivity index is 1.80. The van der Waals surface area contributed by atoms with Crippen molar-refractivity contribution in [2.75, 3.05) is 13.2 Å². The lowest BCUT2D eigenvalue weighted by Gasteiger charge is -2.29. The summed E-state index contributed by atoms with van der Waals surface area (Å²) in [6.45, 7) is 10.0. The van der Waals surface area contributed by atoms with Gasteiger partial charge in [0, 0.05) is 0 Å². The molecule has 25 heavy (non-hydrogen) atoms. The number of carbonyl (C=O) groups is 1. The quantitative estimate of drug-likeness (QED) is 0.760. The van der Waals surface area contributed by atoms with E-state index in [1.54, 1.807) is 6.26 Å². The third-order valence-electron chi connectivity index (χ3n) is 4.20. The lowest BCUT2D eigenvalue weighted by atomic mass is 9.70. The first-order valence-corrected chi connectivity index (χ1v) is 8.68. The molecule has 3 aliphatic heterocycles. The van der Waals surface area contributed by atoms with E-state index in [2.05, 4.69) is 5.32 Å². The van der Waals surface area contributed by atoms with Gasteiger partial charge in [0.25, 0.3) is 0 Å². The Morgan fingerprint density at radius 2 is 2.20 bits per heavy atom. The van der Waals surface area contributed by atoms with E-state index < -0.39 is 30.5 Å². The topological polar surface area (TPSA) is 66.0 Å². The lowest BCUT2D eigenvalue weighted by Crippen LogP contribution is -2.43. The summed E-state index contributed by atoms with van der Waals surface area (Å²) in [5, 5.41) is 3.21. The van der Waals surface area contributed by atoms with Gasteiger partial charge >= 0.3 is 13.2 Å². The smallest absolute Gasteiger partial charge is 0.495 e. The number of alkyl carbamates (subject to hydrolysis) is 1. The molecule has 0 saturated carbocycles. The highest BCUT2D eigenvalue weighted by molar-refractivity contribution is 6.58. The molecule has 6 nitrogen and oxygen atoms in total. The number of ether oxygens (including phenoxy) is 2. The van der Waals surface area contributed by atoms with Crippen molar-refractivity contribution < 1.29 is 23.6 Å². The maximum Gasteiger partial charge on any atom is 0.495 e. The second kappa shape index (κ2) is 6.38. The van der Waals surface area contributed by atoms with E-state index in [4.69, 9.17) is 30.4 Å². The SMILES string of the molecule is CC(C)(C)OC(=O)NC[C@H]1OB2OC(C)(C)C3=C2C(=C1Cl)C=COC3. The summed E-state index contributed by atoms with van der Waals surface area (Å²) < 4.78 is 22.8. The second-order valence-electron chi connectivity index (χ2n) is 7.74. The van der Waals surface area contributed by atoms with E-state index >= 15 is 0 Å². The Kier molecular flexibility index (Phi) is 4.68. The fraction of sp³-hybridized carbons (Fsp3) is 0.588. The molecule has 0 bridgehead atoms. The number of allylic oxidation sites excluding steroid dienone is 3. The van der Waals surface area contributed by atoms with Gasteiger partial charge in [0.05, 0.1) is 29.5 Å². The Hall–Kier alpha value is -1.44. The molecule has 0 aromatic heterocycles. The molecule has 8 heteroatoms. The molecule has 0 spiro atoms. The Bertz CT molecular complexity index is 677. The molecule has 1 N–H and O–H groups in total. The molecule has 0 fully saturated rings. The predicted octanol–water partition coefficient (Wildman–Crippen LogP) is 3.08. The number of amides is 1. The minimum absolute atomic E-state index is 0.189. The lowest BCUT2D eigenvalue weighted by molar-refractivity contribution is 0.0488. The molecule has 0 unspecified atom stereocenters. The van der Waals surface area contributed by atoms with Crippen LogP contribution in [0.25, 0.3) is 0 Å².